The van der Waals surface area contributed by atoms with Crippen LogP contribution in [0.4, 0.5) is 5.69 Å². The quantitative estimate of drug-likeness (QED) is 0.572. The van der Waals surface area contributed by atoms with E-state index >= 15 is 0 Å². The Morgan fingerprint density at radius 2 is 1.82 bits per heavy atom. The van der Waals surface area contributed by atoms with Gasteiger partial charge in [0.1, 0.15) is 5.75 Å². The second-order valence-corrected chi connectivity index (χ2v) is 7.50. The summed E-state index contributed by atoms with van der Waals surface area (Å²) in [5.41, 5.74) is 3.76. The summed E-state index contributed by atoms with van der Waals surface area (Å²) < 4.78 is 5.43. The normalized spacial score (nSPS) is 17.6. The minimum Gasteiger partial charge on any atom is -0.497 e. The number of benzene rings is 3. The number of anilines is 1. The van der Waals surface area contributed by atoms with E-state index in [9.17, 15) is 0 Å². The second-order valence-electron chi connectivity index (χ2n) is 7.50. The van der Waals surface area contributed by atoms with Crippen molar-refractivity contribution in [2.24, 2.45) is 0 Å². The third kappa shape index (κ3) is 3.50. The molecule has 0 spiro atoms. The van der Waals surface area contributed by atoms with Crippen LogP contribution in [0.2, 0.25) is 0 Å². The average molecular weight is 373 g/mol. The van der Waals surface area contributed by atoms with Gasteiger partial charge in [0, 0.05) is 43.3 Å². The van der Waals surface area contributed by atoms with Gasteiger partial charge >= 0.3 is 0 Å². The molecule has 0 unspecified atom stereocenters. The van der Waals surface area contributed by atoms with E-state index in [1.165, 1.54) is 27.6 Å². The van der Waals surface area contributed by atoms with Gasteiger partial charge in [0.05, 0.1) is 7.11 Å². The lowest BCUT2D eigenvalue weighted by molar-refractivity contribution is 0.251. The molecule has 3 heteroatoms. The fourth-order valence-corrected chi connectivity index (χ4v) is 4.33. The molecule has 1 atom stereocenters. The van der Waals surface area contributed by atoms with E-state index in [0.29, 0.717) is 6.04 Å². The number of hydrogen-bond donors (Lipinski definition) is 0. The minimum atomic E-state index is 0.472. The molecule has 4 rings (SSSR count). The number of rotatable bonds is 5. The van der Waals surface area contributed by atoms with Crippen LogP contribution in [0.15, 0.2) is 73.3 Å². The molecule has 1 fully saturated rings. The molecule has 3 aromatic carbocycles. The number of nitrogens with zero attached hydrogens (tertiary/aromatic N) is 2. The molecule has 3 nitrogen and oxygen atoms in total. The smallest absolute Gasteiger partial charge is 0.119 e. The summed E-state index contributed by atoms with van der Waals surface area (Å²) in [6.45, 7) is 10.3. The standard InChI is InChI=1S/C25H28N2O/c1-4-14-26-15-16-27(19(2)18-26)25-13-7-11-23-22(10-6-12-24(23)25)20-8-5-9-21(17-20)28-3/h4-13,17,19H,1,14-16,18H2,2-3H3/t19-/m0/s1. The monoisotopic (exact) mass is 372 g/mol. The molecule has 144 valence electrons. The Morgan fingerprint density at radius 1 is 1.04 bits per heavy atom. The Bertz CT molecular complexity index is 981. The van der Waals surface area contributed by atoms with Crippen LogP contribution in [0.25, 0.3) is 21.9 Å². The Labute approximate surface area is 167 Å². The average Bonchev–Trinajstić information content (AvgIpc) is 2.73. The summed E-state index contributed by atoms with van der Waals surface area (Å²) >= 11 is 0. The van der Waals surface area contributed by atoms with Crippen molar-refractivity contribution in [1.29, 1.82) is 0 Å². The van der Waals surface area contributed by atoms with Crippen molar-refractivity contribution in [2.45, 2.75) is 13.0 Å². The Balaban J connectivity index is 1.75. The summed E-state index contributed by atoms with van der Waals surface area (Å²) in [6, 6.07) is 22.1. The van der Waals surface area contributed by atoms with Crippen LogP contribution in [0.1, 0.15) is 6.92 Å². The molecule has 1 aliphatic rings. The summed E-state index contributed by atoms with van der Waals surface area (Å²) in [4.78, 5) is 5.03. The van der Waals surface area contributed by atoms with E-state index in [1.54, 1.807) is 7.11 Å². The van der Waals surface area contributed by atoms with Gasteiger partial charge in [-0.15, -0.1) is 6.58 Å². The van der Waals surface area contributed by atoms with Crippen molar-refractivity contribution in [1.82, 2.24) is 4.90 Å². The third-order valence-electron chi connectivity index (χ3n) is 5.69. The molecule has 28 heavy (non-hydrogen) atoms. The van der Waals surface area contributed by atoms with Crippen molar-refractivity contribution in [3.8, 4) is 16.9 Å². The van der Waals surface area contributed by atoms with Crippen LogP contribution in [0, 0.1) is 0 Å². The molecule has 0 aliphatic carbocycles. The van der Waals surface area contributed by atoms with Crippen LogP contribution < -0.4 is 9.64 Å². The number of hydrogen-bond acceptors (Lipinski definition) is 3. The first-order chi connectivity index (χ1) is 13.7. The van der Waals surface area contributed by atoms with Gasteiger partial charge in [-0.25, -0.2) is 0 Å². The molecule has 1 aliphatic heterocycles. The summed E-state index contributed by atoms with van der Waals surface area (Å²) in [6.07, 6.45) is 2.00. The lowest BCUT2D eigenvalue weighted by Gasteiger charge is -2.41. The fraction of sp³-hybridized carbons (Fsp3) is 0.280. The lowest BCUT2D eigenvalue weighted by Crippen LogP contribution is -2.52. The Kier molecular flexibility index (Phi) is 5.36. The molecule has 3 aromatic rings. The van der Waals surface area contributed by atoms with Gasteiger partial charge < -0.3 is 9.64 Å². The first kappa shape index (κ1) is 18.6. The number of fused-ring (bicyclic) bond motifs is 1. The lowest BCUT2D eigenvalue weighted by atomic mass is 9.96. The zero-order valence-corrected chi connectivity index (χ0v) is 16.8. The SMILES string of the molecule is C=CCN1CCN(c2cccc3c(-c4cccc(OC)c4)cccc23)[C@@H](C)C1. The molecule has 0 N–H and O–H groups in total. The zero-order valence-electron chi connectivity index (χ0n) is 16.8. The molecule has 1 saturated heterocycles. The second kappa shape index (κ2) is 8.07. The maximum absolute atomic E-state index is 5.43. The Morgan fingerprint density at radius 3 is 2.61 bits per heavy atom. The van der Waals surface area contributed by atoms with Crippen molar-refractivity contribution in [3.05, 3.63) is 73.3 Å². The van der Waals surface area contributed by atoms with E-state index < -0.39 is 0 Å². The van der Waals surface area contributed by atoms with Gasteiger partial charge in [-0.2, -0.15) is 0 Å². The van der Waals surface area contributed by atoms with Crippen LogP contribution in [0.5, 0.6) is 5.75 Å². The van der Waals surface area contributed by atoms with Gasteiger partial charge in [0.25, 0.3) is 0 Å². The molecule has 0 amide bonds. The Hall–Kier alpha value is -2.78. The van der Waals surface area contributed by atoms with Crippen LogP contribution in [-0.2, 0) is 0 Å². The van der Waals surface area contributed by atoms with Crippen molar-refractivity contribution in [2.75, 3.05) is 38.2 Å². The molecule has 0 saturated carbocycles. The largest absolute Gasteiger partial charge is 0.497 e. The summed E-state index contributed by atoms with van der Waals surface area (Å²) in [5.74, 6) is 0.887. The highest BCUT2D eigenvalue weighted by Gasteiger charge is 2.24. The van der Waals surface area contributed by atoms with E-state index in [-0.39, 0.29) is 0 Å². The predicted molar refractivity (Wildman–Crippen MR) is 119 cm³/mol. The molecule has 1 heterocycles. The maximum Gasteiger partial charge on any atom is 0.119 e. The van der Waals surface area contributed by atoms with Gasteiger partial charge in [0.2, 0.25) is 0 Å². The summed E-state index contributed by atoms with van der Waals surface area (Å²) in [7, 11) is 1.72. The topological polar surface area (TPSA) is 15.7 Å². The van der Waals surface area contributed by atoms with E-state index in [1.807, 2.05) is 12.1 Å². The fourth-order valence-electron chi connectivity index (χ4n) is 4.33. The zero-order chi connectivity index (χ0) is 19.5. The molecule has 0 aromatic heterocycles. The molecular weight excluding hydrogens is 344 g/mol. The van der Waals surface area contributed by atoms with E-state index in [4.69, 9.17) is 4.74 Å². The maximum atomic E-state index is 5.43. The van der Waals surface area contributed by atoms with Crippen molar-refractivity contribution in [3.63, 3.8) is 0 Å². The summed E-state index contributed by atoms with van der Waals surface area (Å²) in [5, 5.41) is 2.60. The number of ether oxygens (including phenoxy) is 1. The van der Waals surface area contributed by atoms with Crippen molar-refractivity contribution >= 4 is 16.5 Å². The van der Waals surface area contributed by atoms with Gasteiger partial charge in [-0.3, -0.25) is 4.90 Å². The van der Waals surface area contributed by atoms with Crippen LogP contribution >= 0.6 is 0 Å². The first-order valence-corrected chi connectivity index (χ1v) is 9.97. The predicted octanol–water partition coefficient (Wildman–Crippen LogP) is 5.21. The third-order valence-corrected chi connectivity index (χ3v) is 5.69. The molecule has 0 bridgehead atoms. The van der Waals surface area contributed by atoms with E-state index in [2.05, 4.69) is 77.9 Å². The van der Waals surface area contributed by atoms with Crippen molar-refractivity contribution < 1.29 is 4.74 Å². The highest BCUT2D eigenvalue weighted by molar-refractivity contribution is 6.03. The number of methoxy groups -OCH3 is 1. The van der Waals surface area contributed by atoms with Crippen LogP contribution in [-0.4, -0.2) is 44.2 Å². The molecule has 0 radical (unpaired) electrons. The minimum absolute atomic E-state index is 0.472. The number of piperazine rings is 1. The first-order valence-electron chi connectivity index (χ1n) is 9.97. The molecular formula is C25H28N2O. The highest BCUT2D eigenvalue weighted by Crippen LogP contribution is 2.36. The van der Waals surface area contributed by atoms with Gasteiger partial charge in [0.15, 0.2) is 0 Å². The van der Waals surface area contributed by atoms with Crippen LogP contribution in [0.3, 0.4) is 0 Å². The van der Waals surface area contributed by atoms with E-state index in [0.717, 1.165) is 31.9 Å². The van der Waals surface area contributed by atoms with Gasteiger partial charge in [-0.1, -0.05) is 48.5 Å². The van der Waals surface area contributed by atoms with Gasteiger partial charge in [-0.05, 0) is 41.6 Å². The highest BCUT2D eigenvalue weighted by atomic mass is 16.5.